The second-order valence-electron chi connectivity index (χ2n) is 4.65. The van der Waals surface area contributed by atoms with Gasteiger partial charge in [0.1, 0.15) is 5.75 Å². The summed E-state index contributed by atoms with van der Waals surface area (Å²) >= 11 is 5.14. The van der Waals surface area contributed by atoms with Crippen molar-refractivity contribution < 1.29 is 9.53 Å². The fraction of sp³-hybridized carbons (Fsp3) is 0.176. The van der Waals surface area contributed by atoms with E-state index in [-0.39, 0.29) is 11.0 Å². The molecule has 0 fully saturated rings. The molecule has 2 aromatic rings. The molecule has 0 spiro atoms. The smallest absolute Gasteiger partial charge is 0.257 e. The molecule has 114 valence electrons. The maximum Gasteiger partial charge on any atom is 0.257 e. The Kier molecular flexibility index (Phi) is 5.91. The Morgan fingerprint density at radius 2 is 1.77 bits per heavy atom. The van der Waals surface area contributed by atoms with E-state index in [0.29, 0.717) is 12.2 Å². The molecule has 2 rings (SSSR count). The van der Waals surface area contributed by atoms with Crippen molar-refractivity contribution in [3.63, 3.8) is 0 Å². The molecular weight excluding hydrogens is 296 g/mol. The molecule has 1 amide bonds. The lowest BCUT2D eigenvalue weighted by Gasteiger charge is -2.10. The number of carbonyl (C=O) groups is 1. The number of carbonyl (C=O) groups excluding carboxylic acids is 1. The fourth-order valence-corrected chi connectivity index (χ4v) is 1.99. The number of hydrogen-bond donors (Lipinski definition) is 2. The molecule has 5 heteroatoms. The van der Waals surface area contributed by atoms with Crippen molar-refractivity contribution in [2.24, 2.45) is 0 Å². The summed E-state index contributed by atoms with van der Waals surface area (Å²) in [5.74, 6) is 0.577. The predicted molar refractivity (Wildman–Crippen MR) is 92.4 cm³/mol. The van der Waals surface area contributed by atoms with Gasteiger partial charge in [0, 0.05) is 11.3 Å². The summed E-state index contributed by atoms with van der Waals surface area (Å²) in [6, 6.07) is 16.4. The molecule has 22 heavy (non-hydrogen) atoms. The minimum absolute atomic E-state index is 0.235. The number of nitrogens with one attached hydrogen (secondary N) is 2. The van der Waals surface area contributed by atoms with Crippen molar-refractivity contribution in [1.29, 1.82) is 0 Å². The van der Waals surface area contributed by atoms with Gasteiger partial charge in [-0.25, -0.2) is 0 Å². The van der Waals surface area contributed by atoms with E-state index in [1.807, 2.05) is 30.3 Å². The maximum atomic E-state index is 12.0. The predicted octanol–water partition coefficient (Wildman–Crippen LogP) is 3.60. The lowest BCUT2D eigenvalue weighted by molar-refractivity contribution is 0.0977. The third-order valence-electron chi connectivity index (χ3n) is 2.85. The first-order valence-corrected chi connectivity index (χ1v) is 7.50. The Labute approximate surface area is 135 Å². The van der Waals surface area contributed by atoms with Crippen LogP contribution in [0, 0.1) is 0 Å². The van der Waals surface area contributed by atoms with Gasteiger partial charge in [0.05, 0.1) is 6.61 Å². The van der Waals surface area contributed by atoms with Crippen LogP contribution in [0.2, 0.25) is 0 Å². The van der Waals surface area contributed by atoms with Crippen LogP contribution < -0.4 is 15.4 Å². The van der Waals surface area contributed by atoms with Gasteiger partial charge >= 0.3 is 0 Å². The lowest BCUT2D eigenvalue weighted by Crippen LogP contribution is -2.34. The van der Waals surface area contributed by atoms with Crippen LogP contribution >= 0.6 is 12.2 Å². The van der Waals surface area contributed by atoms with Gasteiger partial charge in [0.15, 0.2) is 5.11 Å². The van der Waals surface area contributed by atoms with Crippen LogP contribution in [0.1, 0.15) is 23.7 Å². The van der Waals surface area contributed by atoms with Gasteiger partial charge in [0.2, 0.25) is 0 Å². The SMILES string of the molecule is CCCOc1ccc(NC(=S)NC(=O)c2ccccc2)cc1. The van der Waals surface area contributed by atoms with Crippen molar-refractivity contribution in [1.82, 2.24) is 5.32 Å². The van der Waals surface area contributed by atoms with Gasteiger partial charge in [0.25, 0.3) is 5.91 Å². The Morgan fingerprint density at radius 1 is 1.09 bits per heavy atom. The van der Waals surface area contributed by atoms with Crippen molar-refractivity contribution in [3.8, 4) is 5.75 Å². The lowest BCUT2D eigenvalue weighted by atomic mass is 10.2. The third kappa shape index (κ3) is 4.86. The second-order valence-corrected chi connectivity index (χ2v) is 5.06. The molecular formula is C17H18N2O2S. The maximum absolute atomic E-state index is 12.0. The average molecular weight is 314 g/mol. The first-order chi connectivity index (χ1) is 10.7. The Hall–Kier alpha value is -2.40. The summed E-state index contributed by atoms with van der Waals surface area (Å²) < 4.78 is 5.51. The van der Waals surface area contributed by atoms with Crippen molar-refractivity contribution in [2.75, 3.05) is 11.9 Å². The first-order valence-electron chi connectivity index (χ1n) is 7.09. The van der Waals surface area contributed by atoms with Gasteiger partial charge in [-0.2, -0.15) is 0 Å². The highest BCUT2D eigenvalue weighted by atomic mass is 32.1. The largest absolute Gasteiger partial charge is 0.494 e. The molecule has 2 N–H and O–H groups in total. The van der Waals surface area contributed by atoms with E-state index < -0.39 is 0 Å². The topological polar surface area (TPSA) is 50.4 Å². The minimum Gasteiger partial charge on any atom is -0.494 e. The normalized spacial score (nSPS) is 9.86. The molecule has 0 radical (unpaired) electrons. The zero-order chi connectivity index (χ0) is 15.8. The van der Waals surface area contributed by atoms with Gasteiger partial charge in [-0.1, -0.05) is 25.1 Å². The van der Waals surface area contributed by atoms with Gasteiger partial charge < -0.3 is 10.1 Å². The number of benzene rings is 2. The average Bonchev–Trinajstić information content (AvgIpc) is 2.55. The molecule has 0 saturated heterocycles. The van der Waals surface area contributed by atoms with Crippen LogP contribution in [-0.2, 0) is 0 Å². The summed E-state index contributed by atoms with van der Waals surface area (Å²) in [6.45, 7) is 2.75. The summed E-state index contributed by atoms with van der Waals surface area (Å²) in [6.07, 6.45) is 0.968. The number of thiocarbonyl (C=S) groups is 1. The number of anilines is 1. The Bertz CT molecular complexity index is 627. The Morgan fingerprint density at radius 3 is 2.41 bits per heavy atom. The van der Waals surface area contributed by atoms with E-state index in [9.17, 15) is 4.79 Å². The van der Waals surface area contributed by atoms with Gasteiger partial charge in [-0.3, -0.25) is 10.1 Å². The van der Waals surface area contributed by atoms with E-state index in [1.54, 1.807) is 24.3 Å². The standard InChI is InChI=1S/C17H18N2O2S/c1-2-12-21-15-10-8-14(9-11-15)18-17(22)19-16(20)13-6-4-3-5-7-13/h3-11H,2,12H2,1H3,(H2,18,19,20,22). The molecule has 0 atom stereocenters. The zero-order valence-corrected chi connectivity index (χ0v) is 13.2. The molecule has 0 aromatic heterocycles. The van der Waals surface area contributed by atoms with Crippen LogP contribution in [0.4, 0.5) is 5.69 Å². The zero-order valence-electron chi connectivity index (χ0n) is 12.3. The van der Waals surface area contributed by atoms with E-state index in [4.69, 9.17) is 17.0 Å². The van der Waals surface area contributed by atoms with Crippen molar-refractivity contribution >= 4 is 28.9 Å². The van der Waals surface area contributed by atoms with E-state index in [2.05, 4.69) is 17.6 Å². The quantitative estimate of drug-likeness (QED) is 0.828. The second kappa shape index (κ2) is 8.14. The molecule has 2 aromatic carbocycles. The van der Waals surface area contributed by atoms with Crippen LogP contribution in [0.3, 0.4) is 0 Å². The van der Waals surface area contributed by atoms with Gasteiger partial charge in [-0.05, 0) is 55.0 Å². The highest BCUT2D eigenvalue weighted by Gasteiger charge is 2.07. The summed E-state index contributed by atoms with van der Waals surface area (Å²) in [5, 5.41) is 5.87. The first kappa shape index (κ1) is 16.0. The van der Waals surface area contributed by atoms with E-state index in [0.717, 1.165) is 17.9 Å². The molecule has 0 saturated carbocycles. The fourth-order valence-electron chi connectivity index (χ4n) is 1.78. The monoisotopic (exact) mass is 314 g/mol. The molecule has 0 aliphatic rings. The molecule has 4 nitrogen and oxygen atoms in total. The molecule has 0 heterocycles. The number of rotatable bonds is 5. The summed E-state index contributed by atoms with van der Waals surface area (Å²) in [4.78, 5) is 12.0. The van der Waals surface area contributed by atoms with Crippen molar-refractivity contribution in [2.45, 2.75) is 13.3 Å². The van der Waals surface area contributed by atoms with Gasteiger partial charge in [-0.15, -0.1) is 0 Å². The number of ether oxygens (including phenoxy) is 1. The van der Waals surface area contributed by atoms with E-state index in [1.165, 1.54) is 0 Å². The molecule has 0 unspecified atom stereocenters. The van der Waals surface area contributed by atoms with Crippen molar-refractivity contribution in [3.05, 3.63) is 60.2 Å². The molecule has 0 aliphatic heterocycles. The summed E-state index contributed by atoms with van der Waals surface area (Å²) in [5.41, 5.74) is 1.36. The van der Waals surface area contributed by atoms with E-state index >= 15 is 0 Å². The third-order valence-corrected chi connectivity index (χ3v) is 3.05. The Balaban J connectivity index is 1.88. The van der Waals surface area contributed by atoms with Crippen LogP contribution in [0.25, 0.3) is 0 Å². The minimum atomic E-state index is -0.235. The highest BCUT2D eigenvalue weighted by molar-refractivity contribution is 7.80. The highest BCUT2D eigenvalue weighted by Crippen LogP contribution is 2.15. The number of hydrogen-bond acceptors (Lipinski definition) is 3. The number of amides is 1. The summed E-state index contributed by atoms with van der Waals surface area (Å²) in [7, 11) is 0. The molecule has 0 aliphatic carbocycles. The van der Waals surface area contributed by atoms with Crippen LogP contribution in [0.5, 0.6) is 5.75 Å². The van der Waals surface area contributed by atoms with Crippen LogP contribution in [-0.4, -0.2) is 17.6 Å². The molecule has 0 bridgehead atoms. The van der Waals surface area contributed by atoms with Crippen LogP contribution in [0.15, 0.2) is 54.6 Å².